The van der Waals surface area contributed by atoms with E-state index in [2.05, 4.69) is 31.1 Å². The monoisotopic (exact) mass is 270 g/mol. The van der Waals surface area contributed by atoms with Gasteiger partial charge in [-0.2, -0.15) is 0 Å². The first-order valence-electron chi connectivity index (χ1n) is 6.27. The third-order valence-corrected chi connectivity index (χ3v) is 4.23. The molecule has 0 amide bonds. The van der Waals surface area contributed by atoms with Gasteiger partial charge in [-0.3, -0.25) is 0 Å². The number of carboxylic acids is 1. The molecule has 1 rings (SSSR count). The van der Waals surface area contributed by atoms with Crippen molar-refractivity contribution in [2.75, 3.05) is 20.1 Å². The van der Waals surface area contributed by atoms with Crippen molar-refractivity contribution in [1.29, 1.82) is 0 Å². The van der Waals surface area contributed by atoms with Crippen LogP contribution in [0.1, 0.15) is 34.8 Å². The van der Waals surface area contributed by atoms with Gasteiger partial charge in [0.1, 0.15) is 4.88 Å². The van der Waals surface area contributed by atoms with Crippen LogP contribution in [0.4, 0.5) is 0 Å². The van der Waals surface area contributed by atoms with Crippen molar-refractivity contribution >= 4 is 17.3 Å². The van der Waals surface area contributed by atoms with E-state index in [4.69, 9.17) is 5.11 Å². The maximum atomic E-state index is 10.7. The fourth-order valence-corrected chi connectivity index (χ4v) is 2.40. The summed E-state index contributed by atoms with van der Waals surface area (Å²) in [5, 5.41) is 12.2. The van der Waals surface area contributed by atoms with Gasteiger partial charge in [0, 0.05) is 30.6 Å². The lowest BCUT2D eigenvalue weighted by Crippen LogP contribution is -2.34. The Labute approximate surface area is 113 Å². The van der Waals surface area contributed by atoms with Gasteiger partial charge in [-0.1, -0.05) is 6.92 Å². The molecule has 1 atom stereocenters. The fourth-order valence-electron chi connectivity index (χ4n) is 1.59. The molecule has 0 aliphatic carbocycles. The van der Waals surface area contributed by atoms with E-state index in [1.807, 2.05) is 6.07 Å². The molecule has 0 radical (unpaired) electrons. The fraction of sp³-hybridized carbons (Fsp3) is 0.615. The molecule has 0 bridgehead atoms. The average Bonchev–Trinajstić information content (AvgIpc) is 2.82. The molecular formula is C13H22N2O2S. The van der Waals surface area contributed by atoms with E-state index in [1.54, 1.807) is 6.07 Å². The van der Waals surface area contributed by atoms with Crippen LogP contribution in [-0.2, 0) is 6.54 Å². The number of hydrogen-bond acceptors (Lipinski definition) is 4. The van der Waals surface area contributed by atoms with E-state index in [1.165, 1.54) is 11.3 Å². The highest BCUT2D eigenvalue weighted by Gasteiger charge is 2.07. The molecule has 18 heavy (non-hydrogen) atoms. The minimum absolute atomic E-state index is 0.406. The number of aromatic carboxylic acids is 1. The van der Waals surface area contributed by atoms with Crippen LogP contribution in [0.15, 0.2) is 12.1 Å². The summed E-state index contributed by atoms with van der Waals surface area (Å²) in [6, 6.07) is 4.14. The number of rotatable bonds is 8. The summed E-state index contributed by atoms with van der Waals surface area (Å²) in [5.74, 6) is -0.845. The molecule has 0 saturated heterocycles. The lowest BCUT2D eigenvalue weighted by Gasteiger charge is -2.23. The number of thiophene rings is 1. The predicted octanol–water partition coefficient (Wildman–Crippen LogP) is 2.27. The molecule has 0 spiro atoms. The zero-order chi connectivity index (χ0) is 13.5. The topological polar surface area (TPSA) is 52.6 Å². The summed E-state index contributed by atoms with van der Waals surface area (Å²) in [5.41, 5.74) is 0. The first-order chi connectivity index (χ1) is 8.54. The number of nitrogens with one attached hydrogen (secondary N) is 1. The number of nitrogens with zero attached hydrogens (tertiary/aromatic N) is 1. The lowest BCUT2D eigenvalue weighted by molar-refractivity contribution is 0.0702. The quantitative estimate of drug-likeness (QED) is 0.712. The number of carbonyl (C=O) groups is 1. The zero-order valence-corrected chi connectivity index (χ0v) is 12.1. The Hall–Kier alpha value is -0.910. The minimum atomic E-state index is -0.845. The van der Waals surface area contributed by atoms with Crippen LogP contribution in [0.2, 0.25) is 0 Å². The molecule has 0 aliphatic heterocycles. The molecule has 1 aromatic heterocycles. The second-order valence-corrected chi connectivity index (χ2v) is 5.65. The summed E-state index contributed by atoms with van der Waals surface area (Å²) in [7, 11) is 2.13. The molecular weight excluding hydrogens is 248 g/mol. The van der Waals surface area contributed by atoms with Crippen LogP contribution < -0.4 is 5.32 Å². The number of hydrogen-bond donors (Lipinski definition) is 2. The van der Waals surface area contributed by atoms with Crippen molar-refractivity contribution in [2.45, 2.75) is 32.9 Å². The van der Waals surface area contributed by atoms with Crippen LogP contribution in [-0.4, -0.2) is 42.2 Å². The van der Waals surface area contributed by atoms with E-state index < -0.39 is 5.97 Å². The minimum Gasteiger partial charge on any atom is -0.477 e. The first kappa shape index (κ1) is 15.1. The Bertz CT molecular complexity index is 379. The summed E-state index contributed by atoms with van der Waals surface area (Å²) < 4.78 is 0. The van der Waals surface area contributed by atoms with Gasteiger partial charge in [0.05, 0.1) is 0 Å². The molecule has 0 aliphatic rings. The maximum Gasteiger partial charge on any atom is 0.345 e. The average molecular weight is 270 g/mol. The van der Waals surface area contributed by atoms with Gasteiger partial charge in [-0.15, -0.1) is 11.3 Å². The Morgan fingerprint density at radius 1 is 1.56 bits per heavy atom. The van der Waals surface area contributed by atoms with Crippen molar-refractivity contribution in [2.24, 2.45) is 0 Å². The number of likely N-dealkylation sites (N-methyl/N-ethyl adjacent to an activating group) is 1. The van der Waals surface area contributed by atoms with E-state index >= 15 is 0 Å². The summed E-state index contributed by atoms with van der Waals surface area (Å²) in [6.45, 7) is 7.08. The van der Waals surface area contributed by atoms with Crippen molar-refractivity contribution in [3.63, 3.8) is 0 Å². The molecule has 1 aromatic rings. The molecule has 1 heterocycles. The molecule has 0 saturated carbocycles. The third-order valence-electron chi connectivity index (χ3n) is 3.16. The summed E-state index contributed by atoms with van der Waals surface area (Å²) >= 11 is 1.33. The molecule has 102 valence electrons. The summed E-state index contributed by atoms with van der Waals surface area (Å²) in [6.07, 6.45) is 1.16. The van der Waals surface area contributed by atoms with Gasteiger partial charge in [0.25, 0.3) is 0 Å². The zero-order valence-electron chi connectivity index (χ0n) is 11.3. The highest BCUT2D eigenvalue weighted by Crippen LogP contribution is 2.15. The smallest absolute Gasteiger partial charge is 0.345 e. The highest BCUT2D eigenvalue weighted by atomic mass is 32.1. The van der Waals surface area contributed by atoms with Gasteiger partial charge < -0.3 is 15.3 Å². The largest absolute Gasteiger partial charge is 0.477 e. The van der Waals surface area contributed by atoms with Crippen LogP contribution >= 0.6 is 11.3 Å². The molecule has 0 fully saturated rings. The second kappa shape index (κ2) is 7.51. The van der Waals surface area contributed by atoms with E-state index in [9.17, 15) is 4.79 Å². The van der Waals surface area contributed by atoms with Gasteiger partial charge in [-0.05, 0) is 32.5 Å². The van der Waals surface area contributed by atoms with Gasteiger partial charge >= 0.3 is 5.97 Å². The maximum absolute atomic E-state index is 10.7. The molecule has 4 nitrogen and oxygen atoms in total. The van der Waals surface area contributed by atoms with Crippen molar-refractivity contribution < 1.29 is 9.90 Å². The van der Waals surface area contributed by atoms with Crippen LogP contribution in [0.25, 0.3) is 0 Å². The third kappa shape index (κ3) is 4.76. The SMILES string of the molecule is CCC(C)N(C)CCNCc1ccc(C(=O)O)s1. The Morgan fingerprint density at radius 2 is 2.28 bits per heavy atom. The van der Waals surface area contributed by atoms with Crippen LogP contribution in [0.3, 0.4) is 0 Å². The Kier molecular flexibility index (Phi) is 6.32. The predicted molar refractivity (Wildman–Crippen MR) is 75.4 cm³/mol. The molecule has 5 heteroatoms. The normalized spacial score (nSPS) is 12.9. The molecule has 0 aromatic carbocycles. The van der Waals surface area contributed by atoms with E-state index in [-0.39, 0.29) is 0 Å². The van der Waals surface area contributed by atoms with Crippen molar-refractivity contribution in [3.8, 4) is 0 Å². The van der Waals surface area contributed by atoms with Gasteiger partial charge in [0.2, 0.25) is 0 Å². The molecule has 2 N–H and O–H groups in total. The van der Waals surface area contributed by atoms with Gasteiger partial charge in [-0.25, -0.2) is 4.79 Å². The first-order valence-corrected chi connectivity index (χ1v) is 7.09. The van der Waals surface area contributed by atoms with Gasteiger partial charge in [0.15, 0.2) is 0 Å². The molecule has 1 unspecified atom stereocenters. The lowest BCUT2D eigenvalue weighted by atomic mass is 10.2. The summed E-state index contributed by atoms with van der Waals surface area (Å²) in [4.78, 5) is 14.5. The van der Waals surface area contributed by atoms with E-state index in [0.29, 0.717) is 10.9 Å². The highest BCUT2D eigenvalue weighted by molar-refractivity contribution is 7.13. The van der Waals surface area contributed by atoms with Crippen molar-refractivity contribution in [3.05, 3.63) is 21.9 Å². The Balaban J connectivity index is 2.23. The van der Waals surface area contributed by atoms with Crippen molar-refractivity contribution in [1.82, 2.24) is 10.2 Å². The number of carboxylic acid groups (broad SMARTS) is 1. The van der Waals surface area contributed by atoms with Crippen LogP contribution in [0, 0.1) is 0 Å². The van der Waals surface area contributed by atoms with Crippen LogP contribution in [0.5, 0.6) is 0 Å². The standard InChI is InChI=1S/C13H22N2O2S/c1-4-10(2)15(3)8-7-14-9-11-5-6-12(18-11)13(16)17/h5-6,10,14H,4,7-9H2,1-3H3,(H,16,17). The van der Waals surface area contributed by atoms with E-state index in [0.717, 1.165) is 30.9 Å². The second-order valence-electron chi connectivity index (χ2n) is 4.49. The Morgan fingerprint density at radius 3 is 2.83 bits per heavy atom.